The highest BCUT2D eigenvalue weighted by atomic mass is 16.2. The van der Waals surface area contributed by atoms with Gasteiger partial charge < -0.3 is 9.88 Å². The van der Waals surface area contributed by atoms with Gasteiger partial charge in [-0.05, 0) is 17.0 Å². The molecule has 0 bridgehead atoms. The maximum absolute atomic E-state index is 12.7. The molecule has 1 N–H and O–H groups in total. The first-order chi connectivity index (χ1) is 12.1. The van der Waals surface area contributed by atoms with Gasteiger partial charge in [-0.15, -0.1) is 0 Å². The van der Waals surface area contributed by atoms with Gasteiger partial charge in [0.1, 0.15) is 5.78 Å². The smallest absolute Gasteiger partial charge is 0.256 e. The first-order valence-electron chi connectivity index (χ1n) is 8.76. The number of carbonyl (C=O) groups is 2. The van der Waals surface area contributed by atoms with E-state index in [1.54, 1.807) is 0 Å². The number of carbonyl (C=O) groups excluding carboxylic acids is 2. The van der Waals surface area contributed by atoms with Gasteiger partial charge in [-0.1, -0.05) is 18.2 Å². The molecule has 1 aromatic heterocycles. The van der Waals surface area contributed by atoms with Crippen molar-refractivity contribution in [2.45, 2.75) is 25.8 Å². The van der Waals surface area contributed by atoms with Gasteiger partial charge in [-0.25, -0.2) is 0 Å². The molecule has 1 aromatic carbocycles. The monoisotopic (exact) mass is 339 g/mol. The lowest BCUT2D eigenvalue weighted by Crippen LogP contribution is -2.45. The highest BCUT2D eigenvalue weighted by Crippen LogP contribution is 2.24. The number of pyridine rings is 1. The number of nitrogens with one attached hydrogen (secondary N) is 1. The number of aromatic amines is 1. The number of hydrogen-bond acceptors (Lipinski definition) is 4. The second kappa shape index (κ2) is 6.44. The van der Waals surface area contributed by atoms with Crippen molar-refractivity contribution in [1.82, 2.24) is 14.8 Å². The van der Waals surface area contributed by atoms with E-state index in [9.17, 15) is 14.4 Å². The molecule has 0 aliphatic carbocycles. The van der Waals surface area contributed by atoms with E-state index in [4.69, 9.17) is 0 Å². The Morgan fingerprint density at radius 2 is 1.72 bits per heavy atom. The molecule has 1 saturated heterocycles. The molecule has 0 unspecified atom stereocenters. The molecule has 1 fully saturated rings. The number of Topliss-reactive ketones (excluding diaryl/α,β-unsaturated/α-hetero) is 1. The average molecular weight is 339 g/mol. The van der Waals surface area contributed by atoms with Crippen molar-refractivity contribution in [3.05, 3.63) is 45.9 Å². The maximum atomic E-state index is 12.7. The minimum atomic E-state index is -0.0629. The van der Waals surface area contributed by atoms with Gasteiger partial charge in [0.25, 0.3) is 5.56 Å². The molecule has 2 aromatic rings. The van der Waals surface area contributed by atoms with Crippen molar-refractivity contribution in [1.29, 1.82) is 0 Å². The Kier molecular flexibility index (Phi) is 4.13. The highest BCUT2D eigenvalue weighted by Gasteiger charge is 2.26. The number of piperidine rings is 1. The number of rotatable bonds is 2. The number of nitrogens with zero attached hydrogens (tertiary/aromatic N) is 2. The molecule has 2 aliphatic rings. The minimum absolute atomic E-state index is 0.0629. The summed E-state index contributed by atoms with van der Waals surface area (Å²) >= 11 is 0. The fraction of sp³-hybridized carbons (Fsp3) is 0.421. The SMILES string of the molecule is O=C1CCN(CC(=O)N2CCc3[nH]c(=O)c4ccccc4c3C2)CC1. The number of benzene rings is 1. The second-order valence-corrected chi connectivity index (χ2v) is 6.84. The van der Waals surface area contributed by atoms with Crippen molar-refractivity contribution in [3.8, 4) is 0 Å². The van der Waals surface area contributed by atoms with Crippen LogP contribution in [0.2, 0.25) is 0 Å². The van der Waals surface area contributed by atoms with E-state index in [2.05, 4.69) is 9.88 Å². The molecule has 2 aliphatic heterocycles. The fourth-order valence-corrected chi connectivity index (χ4v) is 3.76. The van der Waals surface area contributed by atoms with Crippen LogP contribution in [0, 0.1) is 0 Å². The summed E-state index contributed by atoms with van der Waals surface area (Å²) < 4.78 is 0. The van der Waals surface area contributed by atoms with Crippen LogP contribution < -0.4 is 5.56 Å². The summed E-state index contributed by atoms with van der Waals surface area (Å²) in [7, 11) is 0. The third-order valence-corrected chi connectivity index (χ3v) is 5.23. The molecular formula is C19H21N3O3. The van der Waals surface area contributed by atoms with Gasteiger partial charge in [0.15, 0.2) is 0 Å². The largest absolute Gasteiger partial charge is 0.337 e. The van der Waals surface area contributed by atoms with E-state index in [0.717, 1.165) is 16.6 Å². The lowest BCUT2D eigenvalue weighted by Gasteiger charge is -2.32. The van der Waals surface area contributed by atoms with Crippen molar-refractivity contribution in [3.63, 3.8) is 0 Å². The van der Waals surface area contributed by atoms with E-state index in [1.807, 2.05) is 29.2 Å². The van der Waals surface area contributed by atoms with Gasteiger partial charge in [0, 0.05) is 56.5 Å². The Bertz CT molecular complexity index is 892. The summed E-state index contributed by atoms with van der Waals surface area (Å²) in [6, 6.07) is 7.55. The van der Waals surface area contributed by atoms with Crippen LogP contribution in [0.4, 0.5) is 0 Å². The van der Waals surface area contributed by atoms with E-state index in [-0.39, 0.29) is 17.2 Å². The van der Waals surface area contributed by atoms with Crippen LogP contribution in [0.15, 0.2) is 29.1 Å². The summed E-state index contributed by atoms with van der Waals surface area (Å²) in [5, 5.41) is 1.60. The molecule has 1 amide bonds. The van der Waals surface area contributed by atoms with Crippen molar-refractivity contribution < 1.29 is 9.59 Å². The Morgan fingerprint density at radius 1 is 1.00 bits per heavy atom. The Balaban J connectivity index is 1.54. The van der Waals surface area contributed by atoms with Gasteiger partial charge in [0.2, 0.25) is 5.91 Å². The quantitative estimate of drug-likeness (QED) is 0.888. The van der Waals surface area contributed by atoms with E-state index in [1.165, 1.54) is 0 Å². The van der Waals surface area contributed by atoms with Crippen LogP contribution in [0.5, 0.6) is 0 Å². The zero-order valence-electron chi connectivity index (χ0n) is 14.1. The van der Waals surface area contributed by atoms with Gasteiger partial charge in [0.05, 0.1) is 6.54 Å². The maximum Gasteiger partial charge on any atom is 0.256 e. The van der Waals surface area contributed by atoms with Crippen molar-refractivity contribution in [2.75, 3.05) is 26.2 Å². The third-order valence-electron chi connectivity index (χ3n) is 5.23. The number of ketones is 1. The predicted molar refractivity (Wildman–Crippen MR) is 94.4 cm³/mol. The topological polar surface area (TPSA) is 73.5 Å². The number of fused-ring (bicyclic) bond motifs is 3. The first-order valence-corrected chi connectivity index (χ1v) is 8.76. The van der Waals surface area contributed by atoms with E-state index in [0.29, 0.717) is 57.4 Å². The number of H-pyrrole nitrogens is 1. The number of aromatic nitrogens is 1. The Morgan fingerprint density at radius 3 is 2.48 bits per heavy atom. The first kappa shape index (κ1) is 16.0. The molecule has 6 nitrogen and oxygen atoms in total. The molecule has 0 radical (unpaired) electrons. The molecule has 130 valence electrons. The minimum Gasteiger partial charge on any atom is -0.337 e. The molecular weight excluding hydrogens is 318 g/mol. The Hall–Kier alpha value is -2.47. The molecule has 0 spiro atoms. The van der Waals surface area contributed by atoms with Crippen LogP contribution in [0.25, 0.3) is 10.8 Å². The predicted octanol–water partition coefficient (Wildman–Crippen LogP) is 1.08. The standard InChI is InChI=1S/C19H21N3O3/c23-13-5-8-21(9-6-13)12-18(24)22-10-7-17-16(11-22)14-3-1-2-4-15(14)19(25)20-17/h1-4H,5-12H2,(H,20,25). The molecule has 0 atom stereocenters. The fourth-order valence-electron chi connectivity index (χ4n) is 3.76. The summed E-state index contributed by atoms with van der Waals surface area (Å²) in [5.41, 5.74) is 1.92. The van der Waals surface area contributed by atoms with Crippen molar-refractivity contribution >= 4 is 22.5 Å². The Labute approximate surface area is 145 Å². The molecule has 6 heteroatoms. The second-order valence-electron chi connectivity index (χ2n) is 6.84. The highest BCUT2D eigenvalue weighted by molar-refractivity contribution is 5.87. The zero-order valence-corrected chi connectivity index (χ0v) is 14.1. The number of amides is 1. The van der Waals surface area contributed by atoms with E-state index >= 15 is 0 Å². The molecule has 4 rings (SSSR count). The van der Waals surface area contributed by atoms with Crippen LogP contribution >= 0.6 is 0 Å². The zero-order chi connectivity index (χ0) is 17.4. The number of hydrogen-bond donors (Lipinski definition) is 1. The summed E-state index contributed by atoms with van der Waals surface area (Å²) in [6.07, 6.45) is 1.75. The average Bonchev–Trinajstić information content (AvgIpc) is 2.63. The van der Waals surface area contributed by atoms with Crippen LogP contribution in [0.1, 0.15) is 24.1 Å². The lowest BCUT2D eigenvalue weighted by atomic mass is 9.99. The van der Waals surface area contributed by atoms with Gasteiger partial charge in [-0.2, -0.15) is 0 Å². The summed E-state index contributed by atoms with van der Waals surface area (Å²) in [6.45, 7) is 2.85. The van der Waals surface area contributed by atoms with E-state index < -0.39 is 0 Å². The summed E-state index contributed by atoms with van der Waals surface area (Å²) in [4.78, 5) is 43.1. The molecule has 25 heavy (non-hydrogen) atoms. The number of likely N-dealkylation sites (tertiary alicyclic amines) is 1. The molecule has 3 heterocycles. The normalized spacial score (nSPS) is 18.4. The van der Waals surface area contributed by atoms with Gasteiger partial charge >= 0.3 is 0 Å². The van der Waals surface area contributed by atoms with Crippen molar-refractivity contribution in [2.24, 2.45) is 0 Å². The van der Waals surface area contributed by atoms with Crippen LogP contribution in [-0.2, 0) is 22.6 Å². The van der Waals surface area contributed by atoms with Crippen LogP contribution in [-0.4, -0.2) is 52.7 Å². The molecule has 0 saturated carbocycles. The third kappa shape index (κ3) is 3.09. The lowest BCUT2D eigenvalue weighted by molar-refractivity contribution is -0.134. The van der Waals surface area contributed by atoms with Gasteiger partial charge in [-0.3, -0.25) is 19.3 Å². The summed E-state index contributed by atoms with van der Waals surface area (Å²) in [5.74, 6) is 0.376. The van der Waals surface area contributed by atoms with Crippen LogP contribution in [0.3, 0.4) is 0 Å².